The van der Waals surface area contributed by atoms with E-state index >= 15 is 0 Å². The van der Waals surface area contributed by atoms with Crippen LogP contribution in [-0.4, -0.2) is 40.2 Å². The maximum atomic E-state index is 4.87. The van der Waals surface area contributed by atoms with Gasteiger partial charge in [0.15, 0.2) is 17.4 Å². The van der Waals surface area contributed by atoms with Crippen LogP contribution in [0, 0.1) is 0 Å². The maximum Gasteiger partial charge on any atom is 0.187 e. The van der Waals surface area contributed by atoms with Crippen molar-refractivity contribution in [2.75, 3.05) is 0 Å². The normalized spacial score (nSPS) is 20.1. The van der Waals surface area contributed by atoms with E-state index in [1.54, 1.807) is 0 Å². The molecule has 146 valence electrons. The summed E-state index contributed by atoms with van der Waals surface area (Å²) in [5.74, 6) is 0. The van der Waals surface area contributed by atoms with Gasteiger partial charge < -0.3 is 0 Å². The Morgan fingerprint density at radius 2 is 0.968 bits per heavy atom. The molecule has 0 fully saturated rings. The molecule has 5 heteroatoms. The van der Waals surface area contributed by atoms with Crippen molar-refractivity contribution in [1.82, 2.24) is 0 Å². The van der Waals surface area contributed by atoms with Crippen molar-refractivity contribution in [1.29, 1.82) is 0 Å². The summed E-state index contributed by atoms with van der Waals surface area (Å²) in [6.45, 7) is 0. The maximum absolute atomic E-state index is 4.87. The van der Waals surface area contributed by atoms with Crippen molar-refractivity contribution in [3.63, 3.8) is 0 Å². The smallest absolute Gasteiger partial charge is 0.187 e. The van der Waals surface area contributed by atoms with Gasteiger partial charge in [-0.15, -0.1) is 0 Å². The minimum Gasteiger partial charge on any atom is -0.249 e. The van der Waals surface area contributed by atoms with Gasteiger partial charge in [0.25, 0.3) is 0 Å². The van der Waals surface area contributed by atoms with Crippen LogP contribution in [0.3, 0.4) is 0 Å². The lowest BCUT2D eigenvalue weighted by molar-refractivity contribution is 1.41. The first-order valence-electron chi connectivity index (χ1n) is 9.82. The predicted molar refractivity (Wildman–Crippen MR) is 134 cm³/mol. The summed E-state index contributed by atoms with van der Waals surface area (Å²) in [4.78, 5) is 18.9. The fraction of sp³-hybridized carbons (Fsp3) is 0. The van der Waals surface area contributed by atoms with Crippen molar-refractivity contribution in [3.8, 4) is 0 Å². The summed E-state index contributed by atoms with van der Waals surface area (Å²) < 4.78 is 0. The van der Waals surface area contributed by atoms with Gasteiger partial charge in [0.2, 0.25) is 0 Å². The zero-order chi connectivity index (χ0) is 19.9. The predicted octanol–water partition coefficient (Wildman–Crippen LogP) is 3.92. The van der Waals surface area contributed by atoms with Crippen molar-refractivity contribution < 1.29 is 0 Å². The second-order valence-corrected chi connectivity index (χ2v) is 7.31. The molecule has 5 aliphatic heterocycles. The van der Waals surface area contributed by atoms with Crippen LogP contribution in [0.2, 0.25) is 0 Å². The SMILES string of the molecule is C1=CC2=NC1=CC1=NC(=CC3=NC(=CC4=NC(=C2)C=C4)C=C3c2ccccc2)C=C1.[AlH3]. The molecule has 0 amide bonds. The third-order valence-corrected chi connectivity index (χ3v) is 5.12. The summed E-state index contributed by atoms with van der Waals surface area (Å²) in [5.41, 5.74) is 9.28. The molecule has 0 saturated carbocycles. The lowest BCUT2D eigenvalue weighted by atomic mass is 10.0. The highest BCUT2D eigenvalue weighted by Gasteiger charge is 2.18. The van der Waals surface area contributed by atoms with Crippen LogP contribution >= 0.6 is 0 Å². The standard InChI is InChI=1S/C26H16N4.Al.3H/c1-2-4-17(5-3-1)25-15-24-14-22-9-8-20(28-22)12-18-6-7-19(27-18)13-21-10-11-23(29-21)16-26(25)30-24;;;;/h1-16H;;;;. The van der Waals surface area contributed by atoms with E-state index in [0.29, 0.717) is 0 Å². The van der Waals surface area contributed by atoms with Crippen molar-refractivity contribution >= 4 is 45.8 Å². The molecule has 0 radical (unpaired) electrons. The Morgan fingerprint density at radius 1 is 0.452 bits per heavy atom. The number of fused-ring (bicyclic) bond motifs is 4. The van der Waals surface area contributed by atoms with E-state index in [-0.39, 0.29) is 17.4 Å². The molecule has 0 unspecified atom stereocenters. The number of allylic oxidation sites excluding steroid dienone is 12. The zero-order valence-electron chi connectivity index (χ0n) is 16.0. The molecular weight excluding hydrogens is 395 g/mol. The average Bonchev–Trinajstić information content (AvgIpc) is 3.53. The molecule has 5 aliphatic rings. The minimum atomic E-state index is 0. The van der Waals surface area contributed by atoms with Crippen molar-refractivity contribution in [2.24, 2.45) is 20.0 Å². The summed E-state index contributed by atoms with van der Waals surface area (Å²) in [6.07, 6.45) is 22.1. The number of hydrogen-bond donors (Lipinski definition) is 0. The third-order valence-electron chi connectivity index (χ3n) is 5.12. The van der Waals surface area contributed by atoms with E-state index in [0.717, 1.165) is 56.8 Å². The van der Waals surface area contributed by atoms with Gasteiger partial charge in [0.1, 0.15) is 0 Å². The summed E-state index contributed by atoms with van der Waals surface area (Å²) in [6, 6.07) is 10.3. The van der Waals surface area contributed by atoms with Gasteiger partial charge in [-0.25, -0.2) is 20.0 Å². The minimum absolute atomic E-state index is 0. The van der Waals surface area contributed by atoms with Gasteiger partial charge in [0.05, 0.1) is 45.6 Å². The molecule has 4 nitrogen and oxygen atoms in total. The Hall–Kier alpha value is -3.65. The Balaban J connectivity index is 0.00000204. The van der Waals surface area contributed by atoms with Crippen LogP contribution in [0.5, 0.6) is 0 Å². The topological polar surface area (TPSA) is 49.4 Å². The highest BCUT2D eigenvalue weighted by atomic mass is 27.0. The second kappa shape index (κ2) is 7.88. The molecule has 0 N–H and O–H groups in total. The van der Waals surface area contributed by atoms with Gasteiger partial charge >= 0.3 is 0 Å². The van der Waals surface area contributed by atoms with Gasteiger partial charge in [0, 0.05) is 5.57 Å². The third kappa shape index (κ3) is 3.89. The van der Waals surface area contributed by atoms with E-state index < -0.39 is 0 Å². The first kappa shape index (κ1) is 19.3. The Labute approximate surface area is 191 Å². The largest absolute Gasteiger partial charge is 0.249 e. The molecule has 6 rings (SSSR count). The average molecular weight is 414 g/mol. The van der Waals surface area contributed by atoms with E-state index in [1.807, 2.05) is 79.0 Å². The fourth-order valence-corrected chi connectivity index (χ4v) is 3.75. The van der Waals surface area contributed by atoms with Crippen LogP contribution in [0.4, 0.5) is 0 Å². The molecule has 1 aromatic rings. The summed E-state index contributed by atoms with van der Waals surface area (Å²) in [7, 11) is 0. The molecule has 0 aliphatic carbocycles. The zero-order valence-corrected chi connectivity index (χ0v) is 16.0. The monoisotopic (exact) mass is 414 g/mol. The first-order valence-corrected chi connectivity index (χ1v) is 9.82. The Kier molecular flexibility index (Phi) is 4.91. The molecule has 0 aromatic heterocycles. The fourth-order valence-electron chi connectivity index (χ4n) is 3.75. The van der Waals surface area contributed by atoms with Crippen molar-refractivity contribution in [3.05, 3.63) is 126 Å². The number of nitrogens with zero attached hydrogens (tertiary/aromatic N) is 4. The number of benzene rings is 1. The lowest BCUT2D eigenvalue weighted by Crippen LogP contribution is -1.96. The van der Waals surface area contributed by atoms with Crippen LogP contribution in [0.1, 0.15) is 5.56 Å². The first-order chi connectivity index (χ1) is 14.8. The molecular formula is C26H19AlN4. The van der Waals surface area contributed by atoms with Gasteiger partial charge in [-0.3, -0.25) is 0 Å². The van der Waals surface area contributed by atoms with Crippen LogP contribution in [0.25, 0.3) is 5.57 Å². The van der Waals surface area contributed by atoms with Gasteiger partial charge in [-0.1, -0.05) is 30.3 Å². The molecule has 31 heavy (non-hydrogen) atoms. The quantitative estimate of drug-likeness (QED) is 0.626. The molecule has 0 spiro atoms. The molecule has 8 bridgehead atoms. The van der Waals surface area contributed by atoms with E-state index in [2.05, 4.69) is 23.2 Å². The second-order valence-electron chi connectivity index (χ2n) is 7.31. The molecule has 0 atom stereocenters. The summed E-state index contributed by atoms with van der Waals surface area (Å²) in [5, 5.41) is 0. The summed E-state index contributed by atoms with van der Waals surface area (Å²) >= 11 is 0. The Morgan fingerprint density at radius 3 is 1.55 bits per heavy atom. The number of rotatable bonds is 1. The van der Waals surface area contributed by atoms with Crippen LogP contribution < -0.4 is 0 Å². The molecule has 0 saturated heterocycles. The van der Waals surface area contributed by atoms with Crippen LogP contribution in [-0.2, 0) is 0 Å². The van der Waals surface area contributed by atoms with E-state index in [1.165, 1.54) is 0 Å². The highest BCUT2D eigenvalue weighted by molar-refractivity contribution is 6.32. The number of aliphatic imine (C=N–C) groups is 4. The molecule has 5 heterocycles. The van der Waals surface area contributed by atoms with Crippen LogP contribution in [0.15, 0.2) is 140 Å². The Bertz CT molecular complexity index is 1350. The highest BCUT2D eigenvalue weighted by Crippen LogP contribution is 2.28. The van der Waals surface area contributed by atoms with Crippen molar-refractivity contribution in [2.45, 2.75) is 0 Å². The molecule has 1 aromatic carbocycles. The lowest BCUT2D eigenvalue weighted by Gasteiger charge is -2.03. The number of hydrogen-bond acceptors (Lipinski definition) is 4. The van der Waals surface area contributed by atoms with E-state index in [4.69, 9.17) is 15.0 Å². The van der Waals surface area contributed by atoms with Gasteiger partial charge in [-0.05, 0) is 72.4 Å². The van der Waals surface area contributed by atoms with E-state index in [9.17, 15) is 0 Å². The van der Waals surface area contributed by atoms with Gasteiger partial charge in [-0.2, -0.15) is 0 Å².